The Morgan fingerprint density at radius 1 is 1.10 bits per heavy atom. The summed E-state index contributed by atoms with van der Waals surface area (Å²) in [5, 5.41) is 27.2. The number of thiocarbonyl (C=S) groups is 1. The van der Waals surface area contributed by atoms with E-state index in [1.165, 1.54) is 41.0 Å². The Morgan fingerprint density at radius 3 is 2.45 bits per heavy atom. The molecule has 2 aromatic carbocycles. The molecule has 146 valence electrons. The average molecular weight is 409 g/mol. The molecule has 0 saturated heterocycles. The number of nitro benzene ring substituents is 1. The number of nitrogens with zero attached hydrogens (tertiary/aromatic N) is 2. The van der Waals surface area contributed by atoms with Crippen LogP contribution >= 0.6 is 12.2 Å². The van der Waals surface area contributed by atoms with E-state index in [4.69, 9.17) is 12.2 Å². The second kappa shape index (κ2) is 8.57. The van der Waals surface area contributed by atoms with E-state index in [0.29, 0.717) is 5.56 Å². The highest BCUT2D eigenvalue weighted by Gasteiger charge is 2.21. The Kier molecular flexibility index (Phi) is 5.94. The van der Waals surface area contributed by atoms with Crippen molar-refractivity contribution in [1.82, 2.24) is 0 Å². The Bertz CT molecular complexity index is 1120. The van der Waals surface area contributed by atoms with Gasteiger partial charge in [0.2, 0.25) is 5.70 Å². The number of hydrogen-bond donors (Lipinski definition) is 1. The molecule has 6 nitrogen and oxygen atoms in total. The van der Waals surface area contributed by atoms with E-state index in [0.717, 1.165) is 0 Å². The lowest BCUT2D eigenvalue weighted by molar-refractivity contribution is -0.577. The number of aryl methyl sites for hydroxylation is 1. The molecule has 0 amide bonds. The van der Waals surface area contributed by atoms with Gasteiger partial charge in [-0.1, -0.05) is 42.5 Å². The summed E-state index contributed by atoms with van der Waals surface area (Å²) in [6.07, 6.45) is 3.23. The second-order valence-corrected chi connectivity index (χ2v) is 6.56. The summed E-state index contributed by atoms with van der Waals surface area (Å²) in [5.41, 5.74) is 0.538. The number of nitro groups is 1. The fourth-order valence-electron chi connectivity index (χ4n) is 2.71. The highest BCUT2D eigenvalue weighted by atomic mass is 32.1. The number of halogens is 1. The van der Waals surface area contributed by atoms with Crippen molar-refractivity contribution in [2.45, 2.75) is 6.92 Å². The van der Waals surface area contributed by atoms with Crippen molar-refractivity contribution >= 4 is 40.0 Å². The van der Waals surface area contributed by atoms with Crippen molar-refractivity contribution in [3.63, 3.8) is 0 Å². The van der Waals surface area contributed by atoms with Crippen molar-refractivity contribution in [2.24, 2.45) is 0 Å². The minimum absolute atomic E-state index is 0.0143. The molecule has 0 spiro atoms. The summed E-state index contributed by atoms with van der Waals surface area (Å²) in [4.78, 5) is 10.7. The smallest absolute Gasteiger partial charge is 0.272 e. The summed E-state index contributed by atoms with van der Waals surface area (Å²) >= 11 is 5.40. The SMILES string of the molecule is Cc1ccc(C([O-])=C(C(=S)Nc2ccccc2F)[n+]2ccccc2)cc1[N+](=O)[O-]. The van der Waals surface area contributed by atoms with Gasteiger partial charge >= 0.3 is 0 Å². The van der Waals surface area contributed by atoms with Crippen LogP contribution in [0.5, 0.6) is 0 Å². The lowest BCUT2D eigenvalue weighted by atomic mass is 10.1. The van der Waals surface area contributed by atoms with E-state index < -0.39 is 16.5 Å². The first kappa shape index (κ1) is 20.1. The molecule has 0 saturated carbocycles. The maximum absolute atomic E-state index is 14.0. The molecular weight excluding hydrogens is 393 g/mol. The van der Waals surface area contributed by atoms with Crippen LogP contribution in [0.15, 0.2) is 73.1 Å². The Balaban J connectivity index is 2.13. The van der Waals surface area contributed by atoms with E-state index in [1.807, 2.05) is 0 Å². The van der Waals surface area contributed by atoms with Gasteiger partial charge in [-0.3, -0.25) is 10.1 Å². The minimum atomic E-state index is -0.544. The van der Waals surface area contributed by atoms with Crippen LogP contribution in [-0.2, 0) is 0 Å². The number of para-hydroxylation sites is 1. The zero-order valence-corrected chi connectivity index (χ0v) is 16.2. The molecule has 0 atom stereocenters. The molecule has 0 unspecified atom stereocenters. The van der Waals surface area contributed by atoms with Crippen LogP contribution in [0.25, 0.3) is 11.5 Å². The van der Waals surface area contributed by atoms with Crippen LogP contribution in [-0.4, -0.2) is 9.91 Å². The van der Waals surface area contributed by atoms with Crippen molar-refractivity contribution in [1.29, 1.82) is 0 Å². The van der Waals surface area contributed by atoms with Crippen molar-refractivity contribution in [2.75, 3.05) is 5.32 Å². The van der Waals surface area contributed by atoms with Crippen LogP contribution in [0.1, 0.15) is 11.1 Å². The second-order valence-electron chi connectivity index (χ2n) is 6.15. The number of rotatable bonds is 5. The third kappa shape index (κ3) is 4.44. The molecule has 0 aliphatic rings. The van der Waals surface area contributed by atoms with Gasteiger partial charge in [0.1, 0.15) is 5.82 Å². The third-order valence-electron chi connectivity index (χ3n) is 4.19. The summed E-state index contributed by atoms with van der Waals surface area (Å²) in [6.45, 7) is 1.59. The van der Waals surface area contributed by atoms with Crippen LogP contribution in [0.3, 0.4) is 0 Å². The topological polar surface area (TPSA) is 82.1 Å². The monoisotopic (exact) mass is 409 g/mol. The van der Waals surface area contributed by atoms with Crippen LogP contribution in [0.4, 0.5) is 15.8 Å². The molecule has 1 aromatic heterocycles. The molecule has 0 fully saturated rings. The first-order valence-electron chi connectivity index (χ1n) is 8.57. The van der Waals surface area contributed by atoms with E-state index >= 15 is 0 Å². The molecule has 1 N–H and O–H groups in total. The molecule has 0 bridgehead atoms. The summed E-state index contributed by atoms with van der Waals surface area (Å²) in [6, 6.07) is 15.3. The number of hydrogen-bond acceptors (Lipinski definition) is 4. The summed E-state index contributed by atoms with van der Waals surface area (Å²) in [5.74, 6) is -1.05. The predicted octanol–water partition coefficient (Wildman–Crippen LogP) is 3.46. The van der Waals surface area contributed by atoms with Crippen LogP contribution in [0, 0.1) is 22.9 Å². The average Bonchev–Trinajstić information content (AvgIpc) is 2.71. The van der Waals surface area contributed by atoms with E-state index in [1.54, 1.807) is 43.6 Å². The third-order valence-corrected chi connectivity index (χ3v) is 4.49. The molecule has 0 radical (unpaired) electrons. The molecule has 3 rings (SSSR count). The van der Waals surface area contributed by atoms with E-state index in [9.17, 15) is 19.6 Å². The minimum Gasteiger partial charge on any atom is -0.867 e. The lowest BCUT2D eigenvalue weighted by Crippen LogP contribution is -2.39. The predicted molar refractivity (Wildman–Crippen MR) is 110 cm³/mol. The number of benzene rings is 2. The number of nitrogens with one attached hydrogen (secondary N) is 1. The van der Waals surface area contributed by atoms with Gasteiger partial charge in [0, 0.05) is 23.8 Å². The normalized spacial score (nSPS) is 11.5. The number of aromatic nitrogens is 1. The Hall–Kier alpha value is -3.65. The van der Waals surface area contributed by atoms with Crippen LogP contribution in [0.2, 0.25) is 0 Å². The van der Waals surface area contributed by atoms with Crippen molar-refractivity contribution in [3.05, 3.63) is 100 Å². The van der Waals surface area contributed by atoms with Gasteiger partial charge in [-0.25, -0.2) is 4.39 Å². The van der Waals surface area contributed by atoms with Gasteiger partial charge in [0.25, 0.3) is 5.69 Å². The highest BCUT2D eigenvalue weighted by Crippen LogP contribution is 2.24. The first-order chi connectivity index (χ1) is 13.9. The number of pyridine rings is 1. The molecule has 0 aliphatic heterocycles. The molecule has 29 heavy (non-hydrogen) atoms. The van der Waals surface area contributed by atoms with Gasteiger partial charge in [0.05, 0.1) is 10.6 Å². The fraction of sp³-hybridized carbons (Fsp3) is 0.0476. The van der Waals surface area contributed by atoms with Gasteiger partial charge in [0.15, 0.2) is 17.4 Å². The van der Waals surface area contributed by atoms with Gasteiger partial charge < -0.3 is 10.4 Å². The Morgan fingerprint density at radius 2 is 1.79 bits per heavy atom. The number of anilines is 1. The van der Waals surface area contributed by atoms with Crippen molar-refractivity contribution in [3.8, 4) is 0 Å². The lowest BCUT2D eigenvalue weighted by Gasteiger charge is -2.17. The molecular formula is C21H16FN3O3S. The maximum atomic E-state index is 14.0. The Labute approximate surface area is 171 Å². The van der Waals surface area contributed by atoms with Crippen molar-refractivity contribution < 1.29 is 19.0 Å². The van der Waals surface area contributed by atoms with Crippen LogP contribution < -0.4 is 15.0 Å². The maximum Gasteiger partial charge on any atom is 0.272 e. The molecule has 8 heteroatoms. The molecule has 0 aliphatic carbocycles. The highest BCUT2D eigenvalue weighted by molar-refractivity contribution is 7.81. The quantitative estimate of drug-likeness (QED) is 0.174. The zero-order valence-electron chi connectivity index (χ0n) is 15.3. The molecule has 1 heterocycles. The molecule has 3 aromatic rings. The standard InChI is InChI=1S/C21H16FN3O3S/c1-14-9-10-15(13-18(14)25(27)28)20(26)19(24-11-5-2-6-12-24)21(29)23-17-8-4-3-7-16(17)22/h2-13H,1H3,(H-,23,26,29). The fourth-order valence-corrected chi connectivity index (χ4v) is 3.02. The van der Waals surface area contributed by atoms with Gasteiger partial charge in [-0.05, 0) is 30.4 Å². The van der Waals surface area contributed by atoms with Gasteiger partial charge in [-0.2, -0.15) is 4.57 Å². The van der Waals surface area contributed by atoms with E-state index in [2.05, 4.69) is 5.32 Å². The van der Waals surface area contributed by atoms with Gasteiger partial charge in [-0.15, -0.1) is 0 Å². The van der Waals surface area contributed by atoms with E-state index in [-0.39, 0.29) is 27.6 Å². The summed E-state index contributed by atoms with van der Waals surface area (Å²) < 4.78 is 15.5. The largest absolute Gasteiger partial charge is 0.867 e. The zero-order chi connectivity index (χ0) is 21.0. The summed E-state index contributed by atoms with van der Waals surface area (Å²) in [7, 11) is 0. The first-order valence-corrected chi connectivity index (χ1v) is 8.98.